The molecule has 2 heterocycles. The highest BCUT2D eigenvalue weighted by molar-refractivity contribution is 7.89. The van der Waals surface area contributed by atoms with Gasteiger partial charge in [-0.3, -0.25) is 4.79 Å². The summed E-state index contributed by atoms with van der Waals surface area (Å²) >= 11 is 0. The number of hydrogen-bond donors (Lipinski definition) is 0. The van der Waals surface area contributed by atoms with Gasteiger partial charge in [-0.1, -0.05) is 17.7 Å². The van der Waals surface area contributed by atoms with Crippen LogP contribution < -0.4 is 0 Å². The van der Waals surface area contributed by atoms with Crippen LogP contribution in [0.2, 0.25) is 0 Å². The fraction of sp³-hybridized carbons (Fsp3) is 0.533. The number of carbonyl (C=O) groups excluding carboxylic acids is 1. The third-order valence-electron chi connectivity index (χ3n) is 4.22. The van der Waals surface area contributed by atoms with Crippen molar-refractivity contribution < 1.29 is 17.9 Å². The van der Waals surface area contributed by atoms with E-state index >= 15 is 0 Å². The first-order chi connectivity index (χ1) is 9.98. The number of aryl methyl sites for hydroxylation is 1. The van der Waals surface area contributed by atoms with E-state index in [1.807, 2.05) is 6.92 Å². The first-order valence-electron chi connectivity index (χ1n) is 7.26. The lowest BCUT2D eigenvalue weighted by Crippen LogP contribution is -2.42. The third kappa shape index (κ3) is 2.70. The van der Waals surface area contributed by atoms with E-state index in [2.05, 4.69) is 0 Å². The largest absolute Gasteiger partial charge is 0.461 e. The minimum atomic E-state index is -3.52. The van der Waals surface area contributed by atoms with E-state index < -0.39 is 10.0 Å². The number of nitrogens with zero attached hydrogens (tertiary/aromatic N) is 1. The highest BCUT2D eigenvalue weighted by atomic mass is 32.2. The smallest absolute Gasteiger partial charge is 0.306 e. The Morgan fingerprint density at radius 1 is 1.19 bits per heavy atom. The van der Waals surface area contributed by atoms with Crippen LogP contribution in [0.15, 0.2) is 29.2 Å². The molecular formula is C15H19NO4S. The molecule has 3 rings (SSSR count). The Morgan fingerprint density at radius 3 is 2.52 bits per heavy atom. The second kappa shape index (κ2) is 5.42. The summed E-state index contributed by atoms with van der Waals surface area (Å²) in [7, 11) is -3.52. The zero-order valence-corrected chi connectivity index (χ0v) is 12.8. The van der Waals surface area contributed by atoms with E-state index in [1.54, 1.807) is 24.3 Å². The Hall–Kier alpha value is -1.40. The molecule has 5 nitrogen and oxygen atoms in total. The number of benzene rings is 1. The van der Waals surface area contributed by atoms with E-state index in [9.17, 15) is 13.2 Å². The third-order valence-corrected chi connectivity index (χ3v) is 6.16. The van der Waals surface area contributed by atoms with Crippen LogP contribution >= 0.6 is 0 Å². The lowest BCUT2D eigenvalue weighted by Gasteiger charge is -2.27. The molecule has 0 amide bonds. The number of carbonyl (C=O) groups is 1. The second-order valence-corrected chi connectivity index (χ2v) is 7.60. The molecule has 2 saturated heterocycles. The Balaban J connectivity index is 1.87. The molecule has 0 N–H and O–H groups in total. The molecular weight excluding hydrogens is 290 g/mol. The minimum Gasteiger partial charge on any atom is -0.461 e. The van der Waals surface area contributed by atoms with Gasteiger partial charge in [-0.2, -0.15) is 4.31 Å². The summed E-state index contributed by atoms with van der Waals surface area (Å²) in [5, 5.41) is 0. The van der Waals surface area contributed by atoms with Crippen LogP contribution in [0, 0.1) is 6.92 Å². The molecule has 6 heteroatoms. The normalized spacial score (nSPS) is 27.0. The average molecular weight is 309 g/mol. The van der Waals surface area contributed by atoms with Crippen molar-refractivity contribution in [1.82, 2.24) is 4.31 Å². The molecule has 1 aromatic carbocycles. The van der Waals surface area contributed by atoms with Gasteiger partial charge in [0.2, 0.25) is 10.0 Å². The molecule has 0 aliphatic carbocycles. The van der Waals surface area contributed by atoms with Crippen LogP contribution in [0.5, 0.6) is 0 Å². The standard InChI is InChI=1S/C15H19NO4S/c1-11-4-6-12(7-5-11)21(18,19)16-10-2-3-13(16)14-8-9-15(17)20-14/h4-7,13-14H,2-3,8-10H2,1H3. The summed E-state index contributed by atoms with van der Waals surface area (Å²) in [6, 6.07) is 6.66. The highest BCUT2D eigenvalue weighted by Crippen LogP contribution is 2.32. The van der Waals surface area contributed by atoms with Crippen LogP contribution in [0.1, 0.15) is 31.2 Å². The lowest BCUT2D eigenvalue weighted by molar-refractivity contribution is -0.142. The van der Waals surface area contributed by atoms with Crippen molar-refractivity contribution in [3.8, 4) is 0 Å². The Kier molecular flexibility index (Phi) is 3.75. The predicted octanol–water partition coefficient (Wildman–Crippen LogP) is 1.85. The summed E-state index contributed by atoms with van der Waals surface area (Å²) in [6.45, 7) is 2.42. The van der Waals surface area contributed by atoms with Crippen molar-refractivity contribution in [1.29, 1.82) is 0 Å². The van der Waals surface area contributed by atoms with Gasteiger partial charge in [0, 0.05) is 13.0 Å². The van der Waals surface area contributed by atoms with Gasteiger partial charge in [0.15, 0.2) is 0 Å². The van der Waals surface area contributed by atoms with E-state index in [0.29, 0.717) is 24.3 Å². The maximum Gasteiger partial charge on any atom is 0.306 e. The zero-order valence-electron chi connectivity index (χ0n) is 12.0. The van der Waals surface area contributed by atoms with Gasteiger partial charge in [-0.15, -0.1) is 0 Å². The molecule has 0 saturated carbocycles. The molecule has 2 aliphatic rings. The number of esters is 1. The van der Waals surface area contributed by atoms with Crippen molar-refractivity contribution in [2.24, 2.45) is 0 Å². The van der Waals surface area contributed by atoms with Crippen molar-refractivity contribution in [3.05, 3.63) is 29.8 Å². The van der Waals surface area contributed by atoms with Crippen LogP contribution in [-0.2, 0) is 19.6 Å². The quantitative estimate of drug-likeness (QED) is 0.799. The summed E-state index contributed by atoms with van der Waals surface area (Å²) in [5.74, 6) is -0.223. The molecule has 114 valence electrons. The Labute approximate surface area is 124 Å². The van der Waals surface area contributed by atoms with Crippen molar-refractivity contribution in [2.45, 2.75) is 49.6 Å². The number of sulfonamides is 1. The van der Waals surface area contributed by atoms with Gasteiger partial charge >= 0.3 is 5.97 Å². The van der Waals surface area contributed by atoms with Gasteiger partial charge in [0.25, 0.3) is 0 Å². The molecule has 2 atom stereocenters. The minimum absolute atomic E-state index is 0.220. The van der Waals surface area contributed by atoms with E-state index in [1.165, 1.54) is 4.31 Å². The maximum atomic E-state index is 12.8. The highest BCUT2D eigenvalue weighted by Gasteiger charge is 2.43. The number of cyclic esters (lactones) is 1. The van der Waals surface area contributed by atoms with E-state index in [0.717, 1.165) is 18.4 Å². The van der Waals surface area contributed by atoms with Gasteiger partial charge in [-0.05, 0) is 38.3 Å². The van der Waals surface area contributed by atoms with Crippen molar-refractivity contribution in [2.75, 3.05) is 6.54 Å². The molecule has 0 spiro atoms. The maximum absolute atomic E-state index is 12.8. The molecule has 0 bridgehead atoms. The lowest BCUT2D eigenvalue weighted by atomic mass is 10.1. The summed E-state index contributed by atoms with van der Waals surface area (Å²) in [5.41, 5.74) is 1.02. The van der Waals surface area contributed by atoms with Gasteiger partial charge < -0.3 is 4.74 Å². The van der Waals surface area contributed by atoms with Gasteiger partial charge in [0.1, 0.15) is 6.10 Å². The molecule has 2 aliphatic heterocycles. The monoisotopic (exact) mass is 309 g/mol. The number of hydrogen-bond acceptors (Lipinski definition) is 4. The Bertz CT molecular complexity index is 638. The topological polar surface area (TPSA) is 63.7 Å². The average Bonchev–Trinajstić information content (AvgIpc) is 3.07. The van der Waals surface area contributed by atoms with Crippen LogP contribution in [0.3, 0.4) is 0 Å². The molecule has 2 unspecified atom stereocenters. The molecule has 0 radical (unpaired) electrons. The first-order valence-corrected chi connectivity index (χ1v) is 8.70. The SMILES string of the molecule is Cc1ccc(S(=O)(=O)N2CCCC2C2CCC(=O)O2)cc1. The summed E-state index contributed by atoms with van der Waals surface area (Å²) in [6.07, 6.45) is 2.27. The summed E-state index contributed by atoms with van der Waals surface area (Å²) < 4.78 is 32.4. The van der Waals surface area contributed by atoms with Gasteiger partial charge in [0.05, 0.1) is 10.9 Å². The second-order valence-electron chi connectivity index (χ2n) is 5.71. The summed E-state index contributed by atoms with van der Waals surface area (Å²) in [4.78, 5) is 11.6. The van der Waals surface area contributed by atoms with Crippen molar-refractivity contribution >= 4 is 16.0 Å². The van der Waals surface area contributed by atoms with Crippen molar-refractivity contribution in [3.63, 3.8) is 0 Å². The first kappa shape index (κ1) is 14.5. The molecule has 2 fully saturated rings. The Morgan fingerprint density at radius 2 is 1.90 bits per heavy atom. The molecule has 21 heavy (non-hydrogen) atoms. The van der Waals surface area contributed by atoms with E-state index in [4.69, 9.17) is 4.74 Å². The van der Waals surface area contributed by atoms with Gasteiger partial charge in [-0.25, -0.2) is 8.42 Å². The van der Waals surface area contributed by atoms with Crippen LogP contribution in [0.25, 0.3) is 0 Å². The van der Waals surface area contributed by atoms with E-state index in [-0.39, 0.29) is 18.1 Å². The van der Waals surface area contributed by atoms with Crippen LogP contribution in [0.4, 0.5) is 0 Å². The number of rotatable bonds is 3. The molecule has 0 aromatic heterocycles. The fourth-order valence-corrected chi connectivity index (χ4v) is 4.82. The zero-order chi connectivity index (χ0) is 15.0. The fourth-order valence-electron chi connectivity index (χ4n) is 3.10. The predicted molar refractivity (Wildman–Crippen MR) is 77.2 cm³/mol. The van der Waals surface area contributed by atoms with Crippen LogP contribution in [-0.4, -0.2) is 37.4 Å². The molecule has 1 aromatic rings. The number of ether oxygens (including phenoxy) is 1.